The van der Waals surface area contributed by atoms with Gasteiger partial charge in [-0.25, -0.2) is 13.4 Å². The molecule has 0 atom stereocenters. The standard InChI is InChI=1S/C22H17N5O2S/c1-30(28,29)19-6-2-4-16(12-19)18-13-24-22-26-25-21(27(22)14-18)11-15-7-8-20-17(10-15)5-3-9-23-20/h2-10,12-14H,11H2,1H3. The summed E-state index contributed by atoms with van der Waals surface area (Å²) in [6.07, 6.45) is 7.13. The first-order valence-corrected chi connectivity index (χ1v) is 11.2. The summed E-state index contributed by atoms with van der Waals surface area (Å²) < 4.78 is 25.6. The fourth-order valence-electron chi connectivity index (χ4n) is 3.43. The third-order valence-electron chi connectivity index (χ3n) is 4.96. The molecule has 5 rings (SSSR count). The lowest BCUT2D eigenvalue weighted by Crippen LogP contribution is -1.99. The van der Waals surface area contributed by atoms with E-state index in [0.29, 0.717) is 12.2 Å². The maximum atomic E-state index is 11.9. The van der Waals surface area contributed by atoms with E-state index in [1.807, 2.05) is 40.9 Å². The number of benzene rings is 2. The molecule has 7 nitrogen and oxygen atoms in total. The van der Waals surface area contributed by atoms with Gasteiger partial charge in [0, 0.05) is 42.2 Å². The van der Waals surface area contributed by atoms with E-state index >= 15 is 0 Å². The second-order valence-electron chi connectivity index (χ2n) is 7.14. The van der Waals surface area contributed by atoms with Gasteiger partial charge in [0.2, 0.25) is 0 Å². The third-order valence-corrected chi connectivity index (χ3v) is 6.07. The van der Waals surface area contributed by atoms with Crippen molar-refractivity contribution in [2.24, 2.45) is 0 Å². The average molecular weight is 415 g/mol. The molecular formula is C22H17N5O2S. The van der Waals surface area contributed by atoms with Crippen molar-refractivity contribution >= 4 is 26.5 Å². The van der Waals surface area contributed by atoms with E-state index in [-0.39, 0.29) is 4.90 Å². The van der Waals surface area contributed by atoms with Gasteiger partial charge in [0.25, 0.3) is 5.78 Å². The Kier molecular flexibility index (Phi) is 4.29. The smallest absolute Gasteiger partial charge is 0.254 e. The number of hydrogen-bond donors (Lipinski definition) is 0. The number of rotatable bonds is 4. The zero-order valence-corrected chi connectivity index (χ0v) is 16.9. The molecule has 3 aromatic heterocycles. The van der Waals surface area contributed by atoms with E-state index in [0.717, 1.165) is 33.4 Å². The van der Waals surface area contributed by atoms with Crippen molar-refractivity contribution < 1.29 is 8.42 Å². The van der Waals surface area contributed by atoms with Crippen molar-refractivity contribution in [2.45, 2.75) is 11.3 Å². The number of pyridine rings is 1. The molecule has 30 heavy (non-hydrogen) atoms. The molecule has 0 aliphatic carbocycles. The van der Waals surface area contributed by atoms with Crippen molar-refractivity contribution in [2.75, 3.05) is 6.26 Å². The summed E-state index contributed by atoms with van der Waals surface area (Å²) in [6, 6.07) is 16.9. The minimum Gasteiger partial charge on any atom is -0.269 e. The lowest BCUT2D eigenvalue weighted by Gasteiger charge is -2.06. The van der Waals surface area contributed by atoms with E-state index in [4.69, 9.17) is 0 Å². The van der Waals surface area contributed by atoms with Gasteiger partial charge in [0.05, 0.1) is 10.4 Å². The molecule has 0 saturated carbocycles. The average Bonchev–Trinajstić information content (AvgIpc) is 3.15. The largest absolute Gasteiger partial charge is 0.269 e. The molecule has 0 N–H and O–H groups in total. The molecule has 0 aliphatic heterocycles. The molecule has 3 heterocycles. The van der Waals surface area contributed by atoms with E-state index in [1.54, 1.807) is 30.6 Å². The Bertz CT molecular complexity index is 1510. The van der Waals surface area contributed by atoms with Crippen molar-refractivity contribution in [3.8, 4) is 11.1 Å². The molecule has 0 amide bonds. The van der Waals surface area contributed by atoms with Crippen LogP contribution >= 0.6 is 0 Å². The van der Waals surface area contributed by atoms with Gasteiger partial charge in [-0.05, 0) is 41.5 Å². The van der Waals surface area contributed by atoms with Gasteiger partial charge in [-0.2, -0.15) is 0 Å². The highest BCUT2D eigenvalue weighted by atomic mass is 32.2. The van der Waals surface area contributed by atoms with Crippen LogP contribution in [-0.2, 0) is 16.3 Å². The summed E-state index contributed by atoms with van der Waals surface area (Å²) in [6.45, 7) is 0. The molecule has 2 aromatic carbocycles. The second kappa shape index (κ2) is 7.00. The molecule has 0 aliphatic rings. The van der Waals surface area contributed by atoms with Gasteiger partial charge in [0.1, 0.15) is 5.82 Å². The highest BCUT2D eigenvalue weighted by Gasteiger charge is 2.12. The Morgan fingerprint density at radius 3 is 2.70 bits per heavy atom. The van der Waals surface area contributed by atoms with Gasteiger partial charge in [-0.1, -0.05) is 24.3 Å². The van der Waals surface area contributed by atoms with Crippen LogP contribution in [0, 0.1) is 0 Å². The summed E-state index contributed by atoms with van der Waals surface area (Å²) in [4.78, 5) is 9.02. The lowest BCUT2D eigenvalue weighted by molar-refractivity contribution is 0.602. The Morgan fingerprint density at radius 2 is 1.83 bits per heavy atom. The first-order chi connectivity index (χ1) is 14.5. The van der Waals surface area contributed by atoms with Gasteiger partial charge in [-0.3, -0.25) is 9.38 Å². The first-order valence-electron chi connectivity index (χ1n) is 9.31. The first kappa shape index (κ1) is 18.4. The van der Waals surface area contributed by atoms with Gasteiger partial charge >= 0.3 is 0 Å². The van der Waals surface area contributed by atoms with E-state index in [2.05, 4.69) is 26.2 Å². The highest BCUT2D eigenvalue weighted by Crippen LogP contribution is 2.23. The molecular weight excluding hydrogens is 398 g/mol. The Labute approximate surface area is 173 Å². The fourth-order valence-corrected chi connectivity index (χ4v) is 4.09. The Hall–Kier alpha value is -3.65. The zero-order chi connectivity index (χ0) is 20.7. The summed E-state index contributed by atoms with van der Waals surface area (Å²) in [5.74, 6) is 1.25. The van der Waals surface area contributed by atoms with Gasteiger partial charge < -0.3 is 0 Å². The number of fused-ring (bicyclic) bond motifs is 2. The number of sulfone groups is 1. The summed E-state index contributed by atoms with van der Waals surface area (Å²) in [5, 5.41) is 9.53. The number of hydrogen-bond acceptors (Lipinski definition) is 6. The van der Waals surface area contributed by atoms with Crippen LogP contribution in [0.4, 0.5) is 0 Å². The summed E-state index contributed by atoms with van der Waals surface area (Å²) in [5.41, 5.74) is 3.59. The molecule has 0 unspecified atom stereocenters. The molecule has 5 aromatic rings. The van der Waals surface area contributed by atoms with Crippen LogP contribution in [0.5, 0.6) is 0 Å². The quantitative estimate of drug-likeness (QED) is 0.447. The summed E-state index contributed by atoms with van der Waals surface area (Å²) >= 11 is 0. The molecule has 0 spiro atoms. The lowest BCUT2D eigenvalue weighted by atomic mass is 10.1. The number of aromatic nitrogens is 5. The van der Waals surface area contributed by atoms with Crippen LogP contribution in [0.15, 0.2) is 78.1 Å². The molecule has 0 bridgehead atoms. The van der Waals surface area contributed by atoms with Crippen LogP contribution in [0.1, 0.15) is 11.4 Å². The Balaban J connectivity index is 1.54. The molecule has 0 radical (unpaired) electrons. The van der Waals surface area contributed by atoms with Crippen molar-refractivity contribution in [3.63, 3.8) is 0 Å². The van der Waals surface area contributed by atoms with Gasteiger partial charge in [-0.15, -0.1) is 10.2 Å². The van der Waals surface area contributed by atoms with E-state index < -0.39 is 9.84 Å². The molecule has 148 valence electrons. The van der Waals surface area contributed by atoms with Crippen molar-refractivity contribution in [1.82, 2.24) is 24.6 Å². The predicted octanol–water partition coefficient (Wildman–Crippen LogP) is 3.33. The minimum absolute atomic E-state index is 0.272. The monoisotopic (exact) mass is 415 g/mol. The molecule has 8 heteroatoms. The SMILES string of the molecule is CS(=O)(=O)c1cccc(-c2cnc3nnc(Cc4ccc5ncccc5c4)n3c2)c1. The summed E-state index contributed by atoms with van der Waals surface area (Å²) in [7, 11) is -3.29. The third kappa shape index (κ3) is 3.42. The van der Waals surface area contributed by atoms with E-state index in [9.17, 15) is 8.42 Å². The Morgan fingerprint density at radius 1 is 0.933 bits per heavy atom. The maximum Gasteiger partial charge on any atom is 0.254 e. The van der Waals surface area contributed by atoms with Crippen LogP contribution in [0.2, 0.25) is 0 Å². The van der Waals surface area contributed by atoms with Crippen LogP contribution in [0.25, 0.3) is 27.8 Å². The minimum atomic E-state index is -3.29. The van der Waals surface area contributed by atoms with Gasteiger partial charge in [0.15, 0.2) is 9.84 Å². The molecule has 0 fully saturated rings. The van der Waals surface area contributed by atoms with E-state index in [1.165, 1.54) is 6.26 Å². The predicted molar refractivity (Wildman–Crippen MR) is 114 cm³/mol. The molecule has 0 saturated heterocycles. The normalized spacial score (nSPS) is 11.9. The maximum absolute atomic E-state index is 11.9. The fraction of sp³-hybridized carbons (Fsp3) is 0.0909. The highest BCUT2D eigenvalue weighted by molar-refractivity contribution is 7.90. The zero-order valence-electron chi connectivity index (χ0n) is 16.1. The van der Waals surface area contributed by atoms with Crippen LogP contribution in [-0.4, -0.2) is 39.2 Å². The topological polar surface area (TPSA) is 90.1 Å². The van der Waals surface area contributed by atoms with Crippen LogP contribution in [0.3, 0.4) is 0 Å². The van der Waals surface area contributed by atoms with Crippen LogP contribution < -0.4 is 0 Å². The van der Waals surface area contributed by atoms with Crippen molar-refractivity contribution in [3.05, 3.63) is 84.6 Å². The second-order valence-corrected chi connectivity index (χ2v) is 9.15. The van der Waals surface area contributed by atoms with Crippen molar-refractivity contribution in [1.29, 1.82) is 0 Å². The number of nitrogens with zero attached hydrogens (tertiary/aromatic N) is 5.